The molecule has 0 radical (unpaired) electrons. The molecule has 5 heteroatoms. The van der Waals surface area contributed by atoms with Crippen LogP contribution in [0.15, 0.2) is 34.1 Å². The van der Waals surface area contributed by atoms with Crippen molar-refractivity contribution in [2.75, 3.05) is 11.9 Å². The van der Waals surface area contributed by atoms with E-state index >= 15 is 0 Å². The molecule has 0 aliphatic rings. The molecule has 0 saturated heterocycles. The topological polar surface area (TPSA) is 21.3 Å². The summed E-state index contributed by atoms with van der Waals surface area (Å²) in [6.07, 6.45) is 0. The first-order valence-electron chi connectivity index (χ1n) is 6.94. The number of nitrogens with one attached hydrogen (secondary N) is 1. The smallest absolute Gasteiger partial charge is 0.156 e. The third-order valence-electron chi connectivity index (χ3n) is 3.12. The van der Waals surface area contributed by atoms with E-state index in [2.05, 4.69) is 52.6 Å². The molecule has 0 bridgehead atoms. The molecule has 1 heterocycles. The van der Waals surface area contributed by atoms with E-state index in [0.717, 1.165) is 15.9 Å². The van der Waals surface area contributed by atoms with Crippen molar-refractivity contribution in [3.8, 4) is 5.75 Å². The Bertz CT molecular complexity index is 586. The normalized spacial score (nSPS) is 12.5. The molecule has 0 fully saturated rings. The molecule has 0 spiro atoms. The molecule has 1 aromatic carbocycles. The standard InChI is InChI=1S/C16H19BrClNOS/c1-4-20-16-12(17)8-11(18)9-13(16)19-15(10(2)3)14-6-5-7-21-14/h5-10,15,19H,4H2,1-3H3. The number of benzene rings is 1. The molecule has 2 nitrogen and oxygen atoms in total. The first-order chi connectivity index (χ1) is 10.0. The Balaban J connectivity index is 2.36. The van der Waals surface area contributed by atoms with Crippen LogP contribution in [0.5, 0.6) is 5.75 Å². The van der Waals surface area contributed by atoms with Gasteiger partial charge in [-0.3, -0.25) is 0 Å². The minimum atomic E-state index is 0.231. The average Bonchev–Trinajstić information content (AvgIpc) is 2.92. The summed E-state index contributed by atoms with van der Waals surface area (Å²) >= 11 is 11.5. The fourth-order valence-corrected chi connectivity index (χ4v) is 4.03. The van der Waals surface area contributed by atoms with Crippen LogP contribution in [0, 0.1) is 5.92 Å². The molecule has 0 saturated carbocycles. The largest absolute Gasteiger partial charge is 0.491 e. The van der Waals surface area contributed by atoms with E-state index in [4.69, 9.17) is 16.3 Å². The summed E-state index contributed by atoms with van der Waals surface area (Å²) in [4.78, 5) is 1.31. The van der Waals surface area contributed by atoms with Crippen LogP contribution in [0.25, 0.3) is 0 Å². The second-order valence-electron chi connectivity index (χ2n) is 5.08. The van der Waals surface area contributed by atoms with Gasteiger partial charge in [-0.2, -0.15) is 0 Å². The van der Waals surface area contributed by atoms with Gasteiger partial charge < -0.3 is 10.1 Å². The summed E-state index contributed by atoms with van der Waals surface area (Å²) < 4.78 is 6.62. The van der Waals surface area contributed by atoms with E-state index in [1.165, 1.54) is 4.88 Å². The third-order valence-corrected chi connectivity index (χ3v) is 4.89. The highest BCUT2D eigenvalue weighted by atomic mass is 79.9. The van der Waals surface area contributed by atoms with E-state index < -0.39 is 0 Å². The highest BCUT2D eigenvalue weighted by molar-refractivity contribution is 9.10. The quantitative estimate of drug-likeness (QED) is 0.620. The van der Waals surface area contributed by atoms with Crippen LogP contribution in [0.1, 0.15) is 31.7 Å². The minimum Gasteiger partial charge on any atom is -0.491 e. The maximum atomic E-state index is 6.19. The first-order valence-corrected chi connectivity index (χ1v) is 8.99. The van der Waals surface area contributed by atoms with Crippen molar-refractivity contribution in [1.29, 1.82) is 0 Å². The van der Waals surface area contributed by atoms with Gasteiger partial charge in [-0.15, -0.1) is 11.3 Å². The summed E-state index contributed by atoms with van der Waals surface area (Å²) in [5.41, 5.74) is 0.920. The van der Waals surface area contributed by atoms with E-state index in [0.29, 0.717) is 17.5 Å². The average molecular weight is 389 g/mol. The monoisotopic (exact) mass is 387 g/mol. The Morgan fingerprint density at radius 3 is 2.71 bits per heavy atom. The molecule has 1 atom stereocenters. The van der Waals surface area contributed by atoms with E-state index in [1.54, 1.807) is 11.3 Å². The van der Waals surface area contributed by atoms with Crippen LogP contribution in [-0.2, 0) is 0 Å². The summed E-state index contributed by atoms with van der Waals surface area (Å²) in [5.74, 6) is 1.26. The molecular formula is C16H19BrClNOS. The molecule has 0 aliphatic heterocycles. The lowest BCUT2D eigenvalue weighted by Gasteiger charge is -2.24. The lowest BCUT2D eigenvalue weighted by atomic mass is 10.0. The van der Waals surface area contributed by atoms with Gasteiger partial charge in [0, 0.05) is 9.90 Å². The van der Waals surface area contributed by atoms with Gasteiger partial charge in [0.25, 0.3) is 0 Å². The van der Waals surface area contributed by atoms with Gasteiger partial charge in [-0.05, 0) is 52.4 Å². The van der Waals surface area contributed by atoms with Crippen molar-refractivity contribution in [2.45, 2.75) is 26.8 Å². The number of anilines is 1. The predicted molar refractivity (Wildman–Crippen MR) is 95.8 cm³/mol. The number of rotatable bonds is 6. The molecular weight excluding hydrogens is 370 g/mol. The van der Waals surface area contributed by atoms with Crippen LogP contribution in [-0.4, -0.2) is 6.61 Å². The van der Waals surface area contributed by atoms with Crippen molar-refractivity contribution in [2.24, 2.45) is 5.92 Å². The van der Waals surface area contributed by atoms with Crippen LogP contribution in [0.4, 0.5) is 5.69 Å². The van der Waals surface area contributed by atoms with Gasteiger partial charge in [-0.25, -0.2) is 0 Å². The summed E-state index contributed by atoms with van der Waals surface area (Å²) in [6.45, 7) is 7.00. The number of thiophene rings is 1. The zero-order valence-corrected chi connectivity index (χ0v) is 15.5. The Kier molecular flexibility index (Phi) is 5.97. The number of hydrogen-bond donors (Lipinski definition) is 1. The molecule has 21 heavy (non-hydrogen) atoms. The minimum absolute atomic E-state index is 0.231. The molecule has 2 rings (SSSR count). The molecule has 0 aliphatic carbocycles. The van der Waals surface area contributed by atoms with E-state index in [9.17, 15) is 0 Å². The third kappa shape index (κ3) is 4.15. The van der Waals surface area contributed by atoms with Gasteiger partial charge in [0.2, 0.25) is 0 Å². The first kappa shape index (κ1) is 16.7. The summed E-state index contributed by atoms with van der Waals surface area (Å²) in [5, 5.41) is 6.37. The van der Waals surface area contributed by atoms with Gasteiger partial charge in [0.15, 0.2) is 5.75 Å². The molecule has 1 N–H and O–H groups in total. The Labute approximate surface area is 143 Å². The van der Waals surface area contributed by atoms with E-state index in [1.807, 2.05) is 19.1 Å². The van der Waals surface area contributed by atoms with Gasteiger partial charge in [-0.1, -0.05) is 31.5 Å². The van der Waals surface area contributed by atoms with Crippen LogP contribution in [0.3, 0.4) is 0 Å². The number of hydrogen-bond acceptors (Lipinski definition) is 3. The fourth-order valence-electron chi connectivity index (χ4n) is 2.16. The second kappa shape index (κ2) is 7.52. The number of ether oxygens (including phenoxy) is 1. The van der Waals surface area contributed by atoms with Crippen molar-refractivity contribution < 1.29 is 4.74 Å². The SMILES string of the molecule is CCOc1c(Br)cc(Cl)cc1NC(c1cccs1)C(C)C. The Hall–Kier alpha value is -0.710. The van der Waals surface area contributed by atoms with Gasteiger partial charge in [0.05, 0.1) is 22.8 Å². The predicted octanol–water partition coefficient (Wildman–Crippen LogP) is 6.37. The molecule has 2 aromatic rings. The summed E-state index contributed by atoms with van der Waals surface area (Å²) in [7, 11) is 0. The fraction of sp³-hybridized carbons (Fsp3) is 0.375. The maximum absolute atomic E-state index is 6.19. The van der Waals surface area contributed by atoms with Crippen molar-refractivity contribution in [3.63, 3.8) is 0 Å². The highest BCUT2D eigenvalue weighted by Crippen LogP contribution is 2.40. The van der Waals surface area contributed by atoms with E-state index in [-0.39, 0.29) is 6.04 Å². The molecule has 1 aromatic heterocycles. The van der Waals surface area contributed by atoms with Crippen LogP contribution in [0.2, 0.25) is 5.02 Å². The zero-order chi connectivity index (χ0) is 15.4. The van der Waals surface area contributed by atoms with Gasteiger partial charge >= 0.3 is 0 Å². The lowest BCUT2D eigenvalue weighted by Crippen LogP contribution is -2.16. The summed E-state index contributed by atoms with van der Waals surface area (Å²) in [6, 6.07) is 8.24. The molecule has 0 amide bonds. The molecule has 1 unspecified atom stereocenters. The van der Waals surface area contributed by atoms with Crippen molar-refractivity contribution in [3.05, 3.63) is 44.0 Å². The highest BCUT2D eigenvalue weighted by Gasteiger charge is 2.20. The van der Waals surface area contributed by atoms with Crippen LogP contribution >= 0.6 is 38.9 Å². The molecule has 114 valence electrons. The van der Waals surface area contributed by atoms with Crippen molar-refractivity contribution >= 4 is 44.6 Å². The van der Waals surface area contributed by atoms with Crippen molar-refractivity contribution in [1.82, 2.24) is 0 Å². The zero-order valence-electron chi connectivity index (χ0n) is 12.3. The Morgan fingerprint density at radius 1 is 1.38 bits per heavy atom. The maximum Gasteiger partial charge on any atom is 0.156 e. The lowest BCUT2D eigenvalue weighted by molar-refractivity contribution is 0.339. The second-order valence-corrected chi connectivity index (χ2v) is 7.35. The van der Waals surface area contributed by atoms with Crippen LogP contribution < -0.4 is 10.1 Å². The van der Waals surface area contributed by atoms with Gasteiger partial charge in [0.1, 0.15) is 0 Å². The Morgan fingerprint density at radius 2 is 2.14 bits per heavy atom. The number of halogens is 2.